The van der Waals surface area contributed by atoms with Gasteiger partial charge in [-0.15, -0.1) is 11.3 Å². The van der Waals surface area contributed by atoms with Crippen molar-refractivity contribution in [2.45, 2.75) is 32.1 Å². The van der Waals surface area contributed by atoms with Crippen LogP contribution in [0.1, 0.15) is 28.8 Å². The Morgan fingerprint density at radius 2 is 2.00 bits per heavy atom. The smallest absolute Gasteiger partial charge is 0.316 e. The summed E-state index contributed by atoms with van der Waals surface area (Å²) in [5.41, 5.74) is 2.75. The van der Waals surface area contributed by atoms with Crippen molar-refractivity contribution in [2.75, 3.05) is 0 Å². The molecule has 0 saturated carbocycles. The molecule has 19 heavy (non-hydrogen) atoms. The number of hydrogen-bond donors (Lipinski definition) is 0. The molecule has 0 fully saturated rings. The maximum absolute atomic E-state index is 11.8. The van der Waals surface area contributed by atoms with Gasteiger partial charge in [-0.1, -0.05) is 12.1 Å². The first-order valence-electron chi connectivity index (χ1n) is 6.66. The molecule has 0 N–H and O–H groups in total. The molecule has 0 saturated heterocycles. The van der Waals surface area contributed by atoms with Crippen LogP contribution in [0.25, 0.3) is 0 Å². The van der Waals surface area contributed by atoms with E-state index in [2.05, 4.69) is 6.07 Å². The Balaban J connectivity index is 1.67. The van der Waals surface area contributed by atoms with Crippen molar-refractivity contribution in [2.24, 2.45) is 0 Å². The lowest BCUT2D eigenvalue weighted by atomic mass is 9.92. The van der Waals surface area contributed by atoms with Gasteiger partial charge in [0.15, 0.2) is 0 Å². The van der Waals surface area contributed by atoms with Crippen LogP contribution in [0.5, 0.6) is 5.75 Å². The third-order valence-electron chi connectivity index (χ3n) is 3.45. The number of carbonyl (C=O) groups excluding carboxylic acids is 1. The summed E-state index contributed by atoms with van der Waals surface area (Å²) in [6, 6.07) is 9.95. The zero-order valence-electron chi connectivity index (χ0n) is 10.7. The quantitative estimate of drug-likeness (QED) is 0.628. The second-order valence-electron chi connectivity index (χ2n) is 4.87. The van der Waals surface area contributed by atoms with E-state index in [4.69, 9.17) is 4.74 Å². The van der Waals surface area contributed by atoms with Crippen molar-refractivity contribution in [1.82, 2.24) is 0 Å². The zero-order chi connectivity index (χ0) is 13.1. The molecule has 0 bridgehead atoms. The van der Waals surface area contributed by atoms with Crippen LogP contribution < -0.4 is 4.74 Å². The molecule has 0 aliphatic heterocycles. The highest BCUT2D eigenvalue weighted by atomic mass is 32.1. The van der Waals surface area contributed by atoms with Crippen LogP contribution in [-0.4, -0.2) is 5.97 Å². The van der Waals surface area contributed by atoms with Crippen molar-refractivity contribution >= 4 is 17.3 Å². The molecule has 3 heteroatoms. The molecule has 1 aromatic carbocycles. The average Bonchev–Trinajstić information content (AvgIpc) is 2.91. The maximum atomic E-state index is 11.8. The van der Waals surface area contributed by atoms with E-state index >= 15 is 0 Å². The van der Waals surface area contributed by atoms with Crippen molar-refractivity contribution in [3.63, 3.8) is 0 Å². The normalized spacial score (nSPS) is 13.9. The van der Waals surface area contributed by atoms with E-state index in [1.807, 2.05) is 29.6 Å². The van der Waals surface area contributed by atoms with E-state index in [-0.39, 0.29) is 5.97 Å². The summed E-state index contributed by atoms with van der Waals surface area (Å²) in [5.74, 6) is 0.500. The largest absolute Gasteiger partial charge is 0.426 e. The maximum Gasteiger partial charge on any atom is 0.316 e. The van der Waals surface area contributed by atoms with E-state index in [0.717, 1.165) is 17.7 Å². The molecule has 1 aromatic heterocycles. The lowest BCUT2D eigenvalue weighted by Gasteiger charge is -2.16. The summed E-state index contributed by atoms with van der Waals surface area (Å²) >= 11 is 1.58. The Hall–Kier alpha value is -1.61. The molecule has 1 aliphatic rings. The molecular formula is C16H16O2S. The van der Waals surface area contributed by atoms with Crippen LogP contribution in [0.3, 0.4) is 0 Å². The number of thiophene rings is 1. The number of benzene rings is 1. The van der Waals surface area contributed by atoms with Crippen LogP contribution in [0.15, 0.2) is 35.7 Å². The third kappa shape index (κ3) is 3.04. The molecule has 98 valence electrons. The first kappa shape index (κ1) is 12.4. The summed E-state index contributed by atoms with van der Waals surface area (Å²) in [7, 11) is 0. The lowest BCUT2D eigenvalue weighted by Crippen LogP contribution is -2.11. The number of rotatable bonds is 3. The molecule has 3 rings (SSSR count). The topological polar surface area (TPSA) is 26.3 Å². The van der Waals surface area contributed by atoms with E-state index in [9.17, 15) is 4.79 Å². The zero-order valence-corrected chi connectivity index (χ0v) is 11.5. The fourth-order valence-corrected chi connectivity index (χ4v) is 3.19. The van der Waals surface area contributed by atoms with Gasteiger partial charge >= 0.3 is 5.97 Å². The van der Waals surface area contributed by atoms with Gasteiger partial charge in [-0.2, -0.15) is 0 Å². The molecule has 0 amide bonds. The lowest BCUT2D eigenvalue weighted by molar-refractivity contribution is -0.133. The van der Waals surface area contributed by atoms with Gasteiger partial charge in [0, 0.05) is 4.88 Å². The Kier molecular flexibility index (Phi) is 3.65. The number of esters is 1. The summed E-state index contributed by atoms with van der Waals surface area (Å²) in [5, 5.41) is 1.97. The minimum absolute atomic E-state index is 0.182. The average molecular weight is 272 g/mol. The Labute approximate surface area is 117 Å². The summed E-state index contributed by atoms with van der Waals surface area (Å²) in [4.78, 5) is 12.9. The van der Waals surface area contributed by atoms with Gasteiger partial charge in [0.2, 0.25) is 0 Å². The molecule has 0 radical (unpaired) electrons. The van der Waals surface area contributed by atoms with Gasteiger partial charge in [-0.3, -0.25) is 4.79 Å². The van der Waals surface area contributed by atoms with Gasteiger partial charge in [-0.05, 0) is 60.4 Å². The Morgan fingerprint density at radius 1 is 1.16 bits per heavy atom. The molecule has 2 aromatic rings. The minimum Gasteiger partial charge on any atom is -0.426 e. The van der Waals surface area contributed by atoms with Crippen molar-refractivity contribution in [3.8, 4) is 5.75 Å². The van der Waals surface area contributed by atoms with Gasteiger partial charge in [0.05, 0.1) is 6.42 Å². The minimum atomic E-state index is -0.182. The number of hydrogen-bond acceptors (Lipinski definition) is 3. The molecule has 1 aliphatic carbocycles. The van der Waals surface area contributed by atoms with Crippen LogP contribution >= 0.6 is 11.3 Å². The monoisotopic (exact) mass is 272 g/mol. The van der Waals surface area contributed by atoms with Crippen LogP contribution in [0.4, 0.5) is 0 Å². The van der Waals surface area contributed by atoms with Crippen LogP contribution in [0, 0.1) is 0 Å². The van der Waals surface area contributed by atoms with Crippen molar-refractivity contribution in [1.29, 1.82) is 0 Å². The molecular weight excluding hydrogens is 256 g/mol. The third-order valence-corrected chi connectivity index (χ3v) is 4.33. The molecule has 1 heterocycles. The molecule has 2 nitrogen and oxygen atoms in total. The standard InChI is InChI=1S/C16H16O2S/c17-16(11-15-6-3-9-19-15)18-14-8-7-12-4-1-2-5-13(12)10-14/h3,6-10H,1-2,4-5,11H2. The van der Waals surface area contributed by atoms with Crippen LogP contribution in [-0.2, 0) is 24.1 Å². The van der Waals surface area contributed by atoms with Gasteiger partial charge < -0.3 is 4.74 Å². The summed E-state index contributed by atoms with van der Waals surface area (Å²) in [6.07, 6.45) is 5.11. The number of ether oxygens (including phenoxy) is 1. The second-order valence-corrected chi connectivity index (χ2v) is 5.90. The van der Waals surface area contributed by atoms with Gasteiger partial charge in [-0.25, -0.2) is 0 Å². The summed E-state index contributed by atoms with van der Waals surface area (Å²) in [6.45, 7) is 0. The Bertz CT molecular complexity index is 572. The molecule has 0 spiro atoms. The summed E-state index contributed by atoms with van der Waals surface area (Å²) < 4.78 is 5.42. The van der Waals surface area contributed by atoms with E-state index in [1.165, 1.54) is 24.0 Å². The SMILES string of the molecule is O=C(Cc1cccs1)Oc1ccc2c(c1)CCCC2. The second kappa shape index (κ2) is 5.57. The van der Waals surface area contributed by atoms with E-state index in [1.54, 1.807) is 11.3 Å². The van der Waals surface area contributed by atoms with E-state index in [0.29, 0.717) is 12.2 Å². The molecule has 0 unspecified atom stereocenters. The first-order chi connectivity index (χ1) is 9.31. The highest BCUT2D eigenvalue weighted by Gasteiger charge is 2.12. The highest BCUT2D eigenvalue weighted by molar-refractivity contribution is 7.10. The number of fused-ring (bicyclic) bond motifs is 1. The number of carbonyl (C=O) groups is 1. The number of aryl methyl sites for hydroxylation is 2. The predicted molar refractivity (Wildman–Crippen MR) is 76.7 cm³/mol. The van der Waals surface area contributed by atoms with Gasteiger partial charge in [0.25, 0.3) is 0 Å². The highest BCUT2D eigenvalue weighted by Crippen LogP contribution is 2.25. The van der Waals surface area contributed by atoms with E-state index < -0.39 is 0 Å². The first-order valence-corrected chi connectivity index (χ1v) is 7.54. The Morgan fingerprint density at radius 3 is 2.79 bits per heavy atom. The van der Waals surface area contributed by atoms with Crippen LogP contribution in [0.2, 0.25) is 0 Å². The van der Waals surface area contributed by atoms with Crippen molar-refractivity contribution in [3.05, 3.63) is 51.7 Å². The fraction of sp³-hybridized carbons (Fsp3) is 0.312. The fourth-order valence-electron chi connectivity index (χ4n) is 2.50. The van der Waals surface area contributed by atoms with Gasteiger partial charge in [0.1, 0.15) is 5.75 Å². The molecule has 0 atom stereocenters. The van der Waals surface area contributed by atoms with Crippen molar-refractivity contribution < 1.29 is 9.53 Å². The predicted octanol–water partition coefficient (Wildman–Crippen LogP) is 3.78.